The predicted octanol–water partition coefficient (Wildman–Crippen LogP) is 5.51. The Morgan fingerprint density at radius 3 is 2.73 bits per heavy atom. The Morgan fingerprint density at radius 1 is 1.22 bits per heavy atom. The van der Waals surface area contributed by atoms with Crippen LogP contribution in [-0.2, 0) is 17.8 Å². The number of carbonyl (C=O) groups is 1. The number of hydrogen-bond donors (Lipinski definition) is 3. The summed E-state index contributed by atoms with van der Waals surface area (Å²) in [7, 11) is 0. The monoisotopic (exact) mass is 548 g/mol. The minimum atomic E-state index is -1.17. The fourth-order valence-electron chi connectivity index (χ4n) is 5.25. The van der Waals surface area contributed by atoms with Crippen molar-refractivity contribution in [2.75, 3.05) is 25.0 Å². The van der Waals surface area contributed by atoms with E-state index in [4.69, 9.17) is 23.2 Å². The van der Waals surface area contributed by atoms with Gasteiger partial charge in [-0.2, -0.15) is 0 Å². The lowest BCUT2D eigenvalue weighted by Gasteiger charge is -2.36. The van der Waals surface area contributed by atoms with Crippen molar-refractivity contribution in [1.29, 1.82) is 0 Å². The molecular formula is C27H28Cl2F2N4O2. The van der Waals surface area contributed by atoms with E-state index in [1.807, 2.05) is 13.0 Å². The second-order valence-electron chi connectivity index (χ2n) is 9.98. The van der Waals surface area contributed by atoms with Crippen LogP contribution in [0.15, 0.2) is 35.1 Å². The lowest BCUT2D eigenvalue weighted by Crippen LogP contribution is -2.42. The minimum absolute atomic E-state index is 0.122. The molecule has 1 aliphatic heterocycles. The maximum absolute atomic E-state index is 14.8. The molecule has 0 radical (unpaired) electrons. The van der Waals surface area contributed by atoms with Gasteiger partial charge in [-0.1, -0.05) is 23.2 Å². The van der Waals surface area contributed by atoms with Gasteiger partial charge in [-0.15, -0.1) is 0 Å². The van der Waals surface area contributed by atoms with Crippen LogP contribution in [0.25, 0.3) is 10.8 Å². The molecule has 1 aliphatic carbocycles. The lowest BCUT2D eigenvalue weighted by atomic mass is 9.82. The van der Waals surface area contributed by atoms with Gasteiger partial charge in [0.15, 0.2) is 0 Å². The van der Waals surface area contributed by atoms with E-state index in [0.717, 1.165) is 23.6 Å². The number of nitrogens with one attached hydrogen (secondary N) is 3. The first kappa shape index (κ1) is 25.9. The number of amides is 1. The van der Waals surface area contributed by atoms with E-state index >= 15 is 0 Å². The highest BCUT2D eigenvalue weighted by molar-refractivity contribution is 6.35. The third kappa shape index (κ3) is 5.33. The van der Waals surface area contributed by atoms with Crippen molar-refractivity contribution in [3.8, 4) is 0 Å². The minimum Gasteiger partial charge on any atom is -0.374 e. The van der Waals surface area contributed by atoms with Crippen LogP contribution >= 0.6 is 23.2 Å². The molecule has 1 aromatic heterocycles. The number of hydrogen-bond acceptors (Lipinski definition) is 4. The number of alkyl halides is 1. The first-order chi connectivity index (χ1) is 17.6. The highest BCUT2D eigenvalue weighted by Crippen LogP contribution is 2.37. The summed E-state index contributed by atoms with van der Waals surface area (Å²) < 4.78 is 29.0. The van der Waals surface area contributed by atoms with E-state index in [-0.39, 0.29) is 42.7 Å². The lowest BCUT2D eigenvalue weighted by molar-refractivity contribution is -0.131. The number of carbonyl (C=O) groups excluding carboxylic acids is 1. The average molecular weight is 549 g/mol. The predicted molar refractivity (Wildman–Crippen MR) is 143 cm³/mol. The number of benzene rings is 2. The maximum Gasteiger partial charge on any atom is 0.256 e. The summed E-state index contributed by atoms with van der Waals surface area (Å²) in [6, 6.07) is 7.71. The molecule has 0 saturated heterocycles. The molecule has 3 aromatic rings. The van der Waals surface area contributed by atoms with E-state index in [1.165, 1.54) is 6.07 Å². The Labute approximate surface area is 223 Å². The summed E-state index contributed by atoms with van der Waals surface area (Å²) in [5.74, 6) is -0.827. The summed E-state index contributed by atoms with van der Waals surface area (Å²) in [5.41, 5.74) is 0.999. The number of nitrogens with zero attached hydrogens (tertiary/aromatic N) is 1. The molecule has 1 fully saturated rings. The van der Waals surface area contributed by atoms with Crippen molar-refractivity contribution in [2.24, 2.45) is 0 Å². The van der Waals surface area contributed by atoms with Gasteiger partial charge >= 0.3 is 0 Å². The number of aromatic nitrogens is 1. The molecule has 2 heterocycles. The highest BCUT2D eigenvalue weighted by Gasteiger charge is 2.36. The number of anilines is 1. The van der Waals surface area contributed by atoms with Crippen LogP contribution in [-0.4, -0.2) is 41.1 Å². The fraction of sp³-hybridized carbons (Fsp3) is 0.407. The molecule has 0 spiro atoms. The van der Waals surface area contributed by atoms with Crippen LogP contribution in [0.1, 0.15) is 49.0 Å². The Hall–Kier alpha value is -2.68. The van der Waals surface area contributed by atoms with Crippen LogP contribution < -0.4 is 16.2 Å². The van der Waals surface area contributed by atoms with Gasteiger partial charge in [0, 0.05) is 35.4 Å². The summed E-state index contributed by atoms with van der Waals surface area (Å²) in [6.07, 6.45) is 2.61. The van der Waals surface area contributed by atoms with Crippen LogP contribution in [0.5, 0.6) is 0 Å². The number of H-pyrrole nitrogens is 1. The van der Waals surface area contributed by atoms with Gasteiger partial charge in [0.2, 0.25) is 5.91 Å². The van der Waals surface area contributed by atoms with Gasteiger partial charge in [0.05, 0.1) is 23.7 Å². The molecule has 2 aliphatic rings. The maximum atomic E-state index is 14.8. The quantitative estimate of drug-likeness (QED) is 0.363. The highest BCUT2D eigenvalue weighted by atomic mass is 35.5. The van der Waals surface area contributed by atoms with Crippen molar-refractivity contribution in [3.63, 3.8) is 0 Å². The topological polar surface area (TPSA) is 77.2 Å². The van der Waals surface area contributed by atoms with E-state index in [9.17, 15) is 18.4 Å². The summed E-state index contributed by atoms with van der Waals surface area (Å²) in [6.45, 7) is 2.80. The summed E-state index contributed by atoms with van der Waals surface area (Å²) in [4.78, 5) is 30.0. The molecule has 5 rings (SSSR count). The Kier molecular flexibility index (Phi) is 7.18. The van der Waals surface area contributed by atoms with Crippen LogP contribution in [0.3, 0.4) is 0 Å². The average Bonchev–Trinajstić information content (AvgIpc) is 2.82. The zero-order chi connectivity index (χ0) is 26.3. The van der Waals surface area contributed by atoms with Crippen molar-refractivity contribution in [2.45, 2.75) is 50.9 Å². The standard InChI is InChI=1S/C27H28Cl2F2N4O2/c1-15-25-16(7-18(28)10-21(25)29)3-6-35(15)24(36)13-33-23-9-17-8-19(12-32-14-27(31)4-2-5-27)34-26(37)20(17)11-22(23)30/h7-11,15,32-33H,2-6,12-14H2,1H3,(H,34,37)/t15-/m0/s1. The van der Waals surface area contributed by atoms with Gasteiger partial charge in [-0.05, 0) is 79.5 Å². The van der Waals surface area contributed by atoms with Crippen molar-refractivity contribution in [1.82, 2.24) is 15.2 Å². The molecule has 0 unspecified atom stereocenters. The molecule has 37 heavy (non-hydrogen) atoms. The van der Waals surface area contributed by atoms with E-state index in [1.54, 1.807) is 17.0 Å². The second kappa shape index (κ2) is 10.2. The van der Waals surface area contributed by atoms with E-state index in [2.05, 4.69) is 15.6 Å². The third-order valence-corrected chi connectivity index (χ3v) is 7.96. The van der Waals surface area contributed by atoms with Gasteiger partial charge in [-0.3, -0.25) is 9.59 Å². The Balaban J connectivity index is 1.28. The SMILES string of the molecule is C[C@H]1c2c(Cl)cc(Cl)cc2CCN1C(=O)CNc1cc2cc(CNCC3(F)CCC3)[nH]c(=O)c2cc1F. The van der Waals surface area contributed by atoms with Gasteiger partial charge in [0.1, 0.15) is 11.5 Å². The normalized spacial score (nSPS) is 18.4. The molecule has 1 atom stereocenters. The second-order valence-corrected chi connectivity index (χ2v) is 10.8. The smallest absolute Gasteiger partial charge is 0.256 e. The molecule has 6 nitrogen and oxygen atoms in total. The van der Waals surface area contributed by atoms with Gasteiger partial charge in [0.25, 0.3) is 5.56 Å². The summed E-state index contributed by atoms with van der Waals surface area (Å²) in [5, 5.41) is 7.76. The number of rotatable bonds is 7. The van der Waals surface area contributed by atoms with Crippen LogP contribution in [0.4, 0.5) is 14.5 Å². The number of halogens is 4. The van der Waals surface area contributed by atoms with E-state index < -0.39 is 17.0 Å². The number of aromatic amines is 1. The van der Waals surface area contributed by atoms with E-state index in [0.29, 0.717) is 46.9 Å². The molecule has 2 aromatic carbocycles. The zero-order valence-electron chi connectivity index (χ0n) is 20.4. The molecule has 1 saturated carbocycles. The van der Waals surface area contributed by atoms with Crippen molar-refractivity contribution in [3.05, 3.63) is 73.4 Å². The van der Waals surface area contributed by atoms with Crippen LogP contribution in [0, 0.1) is 5.82 Å². The van der Waals surface area contributed by atoms with Crippen molar-refractivity contribution >= 4 is 45.6 Å². The van der Waals surface area contributed by atoms with Crippen LogP contribution in [0.2, 0.25) is 10.0 Å². The Bertz CT molecular complexity index is 1420. The number of fused-ring (bicyclic) bond motifs is 2. The first-order valence-electron chi connectivity index (χ1n) is 12.4. The molecule has 10 heteroatoms. The first-order valence-corrected chi connectivity index (χ1v) is 13.2. The molecule has 0 bridgehead atoms. The fourth-order valence-corrected chi connectivity index (χ4v) is 5.94. The molecule has 3 N–H and O–H groups in total. The third-order valence-electron chi connectivity index (χ3n) is 7.43. The summed E-state index contributed by atoms with van der Waals surface area (Å²) >= 11 is 12.5. The molecule has 1 amide bonds. The van der Waals surface area contributed by atoms with Gasteiger partial charge < -0.3 is 20.5 Å². The zero-order valence-corrected chi connectivity index (χ0v) is 21.9. The molecule has 196 valence electrons. The molecular weight excluding hydrogens is 521 g/mol. The van der Waals surface area contributed by atoms with Crippen molar-refractivity contribution < 1.29 is 13.6 Å². The Morgan fingerprint density at radius 2 is 2.00 bits per heavy atom. The number of pyridine rings is 1. The van der Waals surface area contributed by atoms with Gasteiger partial charge in [-0.25, -0.2) is 8.78 Å². The largest absolute Gasteiger partial charge is 0.374 e.